The number of aliphatic hydroxyl groups is 1. The Morgan fingerprint density at radius 1 is 0.868 bits per heavy atom. The zero-order chi connectivity index (χ0) is 28.0. The number of carbonyl (C=O) groups excluding carboxylic acids is 2. The van der Waals surface area contributed by atoms with Crippen LogP contribution >= 0.6 is 0 Å². The zero-order valence-corrected chi connectivity index (χ0v) is 23.5. The molecule has 2 rings (SSSR count). The molecule has 0 aliphatic carbocycles. The molecular weight excluding hydrogens is 492 g/mol. The Hall–Kier alpha value is -2.40. The summed E-state index contributed by atoms with van der Waals surface area (Å²) in [6, 6.07) is 0. The lowest BCUT2D eigenvalue weighted by atomic mass is 9.85. The highest BCUT2D eigenvalue weighted by molar-refractivity contribution is 5.76. The lowest BCUT2D eigenvalue weighted by molar-refractivity contribution is -0.124. The molecule has 0 aromatic heterocycles. The Balaban J connectivity index is 1.47. The predicted octanol–water partition coefficient (Wildman–Crippen LogP) is 2.24. The van der Waals surface area contributed by atoms with Gasteiger partial charge in [0.25, 0.3) is 0 Å². The minimum atomic E-state index is -0.495. The van der Waals surface area contributed by atoms with Crippen LogP contribution in [0.1, 0.15) is 61.3 Å². The molecule has 0 bridgehead atoms. The van der Waals surface area contributed by atoms with Crippen LogP contribution in [-0.4, -0.2) is 87.0 Å². The van der Waals surface area contributed by atoms with Gasteiger partial charge in [0, 0.05) is 38.3 Å². The van der Waals surface area contributed by atoms with Crippen molar-refractivity contribution in [2.24, 2.45) is 0 Å². The first-order valence-electron chi connectivity index (χ1n) is 13.6. The molecule has 1 aliphatic heterocycles. The van der Waals surface area contributed by atoms with Gasteiger partial charge in [-0.2, -0.15) is 0 Å². The van der Waals surface area contributed by atoms with E-state index in [2.05, 4.69) is 17.6 Å². The van der Waals surface area contributed by atoms with Crippen LogP contribution in [0, 0.1) is 20.8 Å². The molecule has 1 atom stereocenters. The highest BCUT2D eigenvalue weighted by Crippen LogP contribution is 2.44. The summed E-state index contributed by atoms with van der Waals surface area (Å²) in [5, 5.41) is 24.4. The minimum Gasteiger partial charge on any atom is -0.507 e. The molecule has 0 fully saturated rings. The van der Waals surface area contributed by atoms with Gasteiger partial charge in [-0.15, -0.1) is 0 Å². The number of aromatic hydroxyl groups is 1. The fourth-order valence-electron chi connectivity index (χ4n) is 4.34. The molecule has 0 spiro atoms. The van der Waals surface area contributed by atoms with Crippen molar-refractivity contribution < 1.29 is 38.7 Å². The molecule has 0 saturated carbocycles. The van der Waals surface area contributed by atoms with Gasteiger partial charge in [-0.25, -0.2) is 0 Å². The second-order valence-corrected chi connectivity index (χ2v) is 9.99. The van der Waals surface area contributed by atoms with Gasteiger partial charge in [0.2, 0.25) is 11.8 Å². The van der Waals surface area contributed by atoms with Gasteiger partial charge in [0.05, 0.1) is 26.4 Å². The SMILES string of the molecule is Cc1c(C)c2c(c(C)c1O)CCC(C)(CCC(=O)NCCCOCCOCCOCCCNC(=O)CO)O2. The van der Waals surface area contributed by atoms with E-state index in [0.29, 0.717) is 77.7 Å². The van der Waals surface area contributed by atoms with Crippen LogP contribution in [0.25, 0.3) is 0 Å². The van der Waals surface area contributed by atoms with Crippen molar-refractivity contribution in [1.82, 2.24) is 10.6 Å². The summed E-state index contributed by atoms with van der Waals surface area (Å²) >= 11 is 0. The fraction of sp³-hybridized carbons (Fsp3) is 0.714. The van der Waals surface area contributed by atoms with Crippen LogP contribution < -0.4 is 15.4 Å². The number of nitrogens with one attached hydrogen (secondary N) is 2. The number of aliphatic hydroxyl groups excluding tert-OH is 1. The second kappa shape index (κ2) is 16.5. The predicted molar refractivity (Wildman–Crippen MR) is 144 cm³/mol. The van der Waals surface area contributed by atoms with E-state index in [0.717, 1.165) is 47.3 Å². The molecule has 1 aromatic rings. The van der Waals surface area contributed by atoms with Gasteiger partial charge in [0.1, 0.15) is 23.7 Å². The molecule has 38 heavy (non-hydrogen) atoms. The number of ether oxygens (including phenoxy) is 4. The van der Waals surface area contributed by atoms with Crippen LogP contribution in [0.15, 0.2) is 0 Å². The van der Waals surface area contributed by atoms with E-state index in [1.165, 1.54) is 0 Å². The maximum Gasteiger partial charge on any atom is 0.245 e. The number of hydrogen-bond donors (Lipinski definition) is 4. The molecule has 1 heterocycles. The normalized spacial score (nSPS) is 16.6. The van der Waals surface area contributed by atoms with Crippen molar-refractivity contribution in [2.45, 2.75) is 71.8 Å². The summed E-state index contributed by atoms with van der Waals surface area (Å²) in [6.07, 6.45) is 4.07. The molecule has 0 radical (unpaired) electrons. The summed E-state index contributed by atoms with van der Waals surface area (Å²) in [6.45, 7) is 11.4. The van der Waals surface area contributed by atoms with Crippen LogP contribution in [0.3, 0.4) is 0 Å². The van der Waals surface area contributed by atoms with Gasteiger partial charge in [0.15, 0.2) is 0 Å². The molecule has 216 valence electrons. The number of carbonyl (C=O) groups is 2. The largest absolute Gasteiger partial charge is 0.507 e. The van der Waals surface area contributed by atoms with E-state index < -0.39 is 12.2 Å². The van der Waals surface area contributed by atoms with Gasteiger partial charge < -0.3 is 39.8 Å². The minimum absolute atomic E-state index is 0.00882. The van der Waals surface area contributed by atoms with Crippen LogP contribution in [0.5, 0.6) is 11.5 Å². The average Bonchev–Trinajstić information content (AvgIpc) is 2.91. The van der Waals surface area contributed by atoms with Crippen LogP contribution in [0.4, 0.5) is 0 Å². The molecule has 1 aliphatic rings. The zero-order valence-electron chi connectivity index (χ0n) is 23.5. The van der Waals surface area contributed by atoms with Crippen molar-refractivity contribution >= 4 is 11.8 Å². The smallest absolute Gasteiger partial charge is 0.245 e. The highest BCUT2D eigenvalue weighted by Gasteiger charge is 2.34. The van der Waals surface area contributed by atoms with Crippen molar-refractivity contribution in [3.05, 3.63) is 22.3 Å². The van der Waals surface area contributed by atoms with Gasteiger partial charge in [-0.1, -0.05) is 0 Å². The second-order valence-electron chi connectivity index (χ2n) is 9.99. The first kappa shape index (κ1) is 31.8. The average molecular weight is 539 g/mol. The van der Waals surface area contributed by atoms with Gasteiger partial charge >= 0.3 is 0 Å². The van der Waals surface area contributed by atoms with E-state index in [-0.39, 0.29) is 11.8 Å². The summed E-state index contributed by atoms with van der Waals surface area (Å²) < 4.78 is 22.8. The summed E-state index contributed by atoms with van der Waals surface area (Å²) in [7, 11) is 0. The highest BCUT2D eigenvalue weighted by atomic mass is 16.5. The van der Waals surface area contributed by atoms with Crippen LogP contribution in [0.2, 0.25) is 0 Å². The van der Waals surface area contributed by atoms with Crippen LogP contribution in [-0.2, 0) is 30.2 Å². The first-order valence-corrected chi connectivity index (χ1v) is 13.6. The van der Waals surface area contributed by atoms with E-state index in [9.17, 15) is 14.7 Å². The van der Waals surface area contributed by atoms with Gasteiger partial charge in [-0.3, -0.25) is 9.59 Å². The Kier molecular flexibility index (Phi) is 13.8. The van der Waals surface area contributed by atoms with E-state index in [1.807, 2.05) is 20.8 Å². The Morgan fingerprint density at radius 3 is 2.00 bits per heavy atom. The summed E-state index contributed by atoms with van der Waals surface area (Å²) in [5.74, 6) is 0.841. The quantitative estimate of drug-likeness (QED) is 0.209. The monoisotopic (exact) mass is 538 g/mol. The Morgan fingerprint density at radius 2 is 1.42 bits per heavy atom. The summed E-state index contributed by atoms with van der Waals surface area (Å²) in [5.41, 5.74) is 3.38. The topological polar surface area (TPSA) is 136 Å². The van der Waals surface area contributed by atoms with E-state index in [4.69, 9.17) is 24.1 Å². The number of benzene rings is 1. The maximum absolute atomic E-state index is 12.4. The molecule has 10 heteroatoms. The summed E-state index contributed by atoms with van der Waals surface area (Å²) in [4.78, 5) is 23.2. The molecule has 10 nitrogen and oxygen atoms in total. The number of hydrogen-bond acceptors (Lipinski definition) is 8. The molecule has 1 unspecified atom stereocenters. The van der Waals surface area contributed by atoms with Crippen molar-refractivity contribution in [3.8, 4) is 11.5 Å². The van der Waals surface area contributed by atoms with E-state index in [1.54, 1.807) is 0 Å². The molecule has 0 saturated heterocycles. The molecule has 4 N–H and O–H groups in total. The standard InChI is InChI=1S/C28H46N2O8/c1-20-21(2)27-23(22(3)26(20)34)7-9-28(4,38-27)10-8-24(32)29-11-5-13-35-15-17-37-18-16-36-14-6-12-30-25(33)19-31/h31,34H,5-19H2,1-4H3,(H,29,32)(H,30,33). The van der Waals surface area contributed by atoms with Crippen molar-refractivity contribution in [1.29, 1.82) is 0 Å². The fourth-order valence-corrected chi connectivity index (χ4v) is 4.34. The lowest BCUT2D eigenvalue weighted by Gasteiger charge is -2.38. The van der Waals surface area contributed by atoms with Crippen molar-refractivity contribution in [2.75, 3.05) is 59.3 Å². The maximum atomic E-state index is 12.4. The first-order chi connectivity index (χ1) is 18.2. The number of fused-ring (bicyclic) bond motifs is 1. The third-order valence-electron chi connectivity index (χ3n) is 6.94. The number of phenolic OH excluding ortho intramolecular Hbond substituents is 1. The molecular formula is C28H46N2O8. The van der Waals surface area contributed by atoms with E-state index >= 15 is 0 Å². The third kappa shape index (κ3) is 10.4. The molecule has 1 aromatic carbocycles. The number of phenols is 1. The van der Waals surface area contributed by atoms with Crippen molar-refractivity contribution in [3.63, 3.8) is 0 Å². The Labute approximate surface area is 226 Å². The number of rotatable bonds is 18. The number of amides is 2. The third-order valence-corrected chi connectivity index (χ3v) is 6.94. The lowest BCUT2D eigenvalue weighted by Crippen LogP contribution is -2.38. The Bertz CT molecular complexity index is 908. The molecule has 2 amide bonds. The van der Waals surface area contributed by atoms with Gasteiger partial charge in [-0.05, 0) is 76.5 Å².